The average molecular weight is 285 g/mol. The highest BCUT2D eigenvalue weighted by molar-refractivity contribution is 7.90. The Labute approximate surface area is 113 Å². The van der Waals surface area contributed by atoms with E-state index in [2.05, 4.69) is 9.71 Å². The fourth-order valence-electron chi connectivity index (χ4n) is 2.18. The molecule has 19 heavy (non-hydrogen) atoms. The number of nitrogens with one attached hydrogen (secondary N) is 1. The van der Waals surface area contributed by atoms with Crippen molar-refractivity contribution in [1.82, 2.24) is 9.29 Å². The smallest absolute Gasteiger partial charge is 0.302 e. The first-order valence-corrected chi connectivity index (χ1v) is 7.77. The minimum Gasteiger partial charge on any atom is -0.504 e. The molecule has 1 fully saturated rings. The lowest BCUT2D eigenvalue weighted by atomic mass is 10.0. The second-order valence-corrected chi connectivity index (χ2v) is 6.70. The number of hydrogen-bond acceptors (Lipinski definition) is 4. The Morgan fingerprint density at radius 3 is 2.89 bits per heavy atom. The van der Waals surface area contributed by atoms with Crippen molar-refractivity contribution >= 4 is 16.0 Å². The van der Waals surface area contributed by atoms with Crippen LogP contribution in [0.15, 0.2) is 12.1 Å². The molecule has 1 saturated heterocycles. The summed E-state index contributed by atoms with van der Waals surface area (Å²) in [4.78, 5) is 4.00. The van der Waals surface area contributed by atoms with E-state index in [0.29, 0.717) is 24.7 Å². The third-order valence-electron chi connectivity index (χ3n) is 3.20. The van der Waals surface area contributed by atoms with E-state index in [4.69, 9.17) is 0 Å². The zero-order valence-electron chi connectivity index (χ0n) is 11.1. The van der Waals surface area contributed by atoms with Gasteiger partial charge in [-0.05, 0) is 37.8 Å². The zero-order chi connectivity index (χ0) is 14.0. The van der Waals surface area contributed by atoms with Gasteiger partial charge in [0, 0.05) is 18.8 Å². The highest BCUT2D eigenvalue weighted by atomic mass is 32.2. The third kappa shape index (κ3) is 3.36. The van der Waals surface area contributed by atoms with Gasteiger partial charge >= 0.3 is 10.2 Å². The Balaban J connectivity index is 2.18. The van der Waals surface area contributed by atoms with Crippen molar-refractivity contribution in [2.24, 2.45) is 5.92 Å². The van der Waals surface area contributed by atoms with Crippen molar-refractivity contribution in [2.45, 2.75) is 26.7 Å². The summed E-state index contributed by atoms with van der Waals surface area (Å²) in [6, 6.07) is 3.05. The molecule has 0 aromatic carbocycles. The molecule has 0 amide bonds. The molecule has 2 rings (SSSR count). The van der Waals surface area contributed by atoms with Crippen molar-refractivity contribution in [3.05, 3.63) is 17.8 Å². The van der Waals surface area contributed by atoms with Crippen LogP contribution >= 0.6 is 0 Å². The number of aryl methyl sites for hydroxylation is 1. The highest BCUT2D eigenvalue weighted by Crippen LogP contribution is 2.24. The van der Waals surface area contributed by atoms with Crippen LogP contribution in [0, 0.1) is 12.8 Å². The maximum absolute atomic E-state index is 12.2. The molecule has 1 aromatic heterocycles. The maximum Gasteiger partial charge on any atom is 0.302 e. The molecule has 7 heteroatoms. The molecule has 0 radical (unpaired) electrons. The van der Waals surface area contributed by atoms with E-state index >= 15 is 0 Å². The molecule has 0 bridgehead atoms. The van der Waals surface area contributed by atoms with Crippen molar-refractivity contribution < 1.29 is 13.5 Å². The molecule has 1 aromatic rings. The summed E-state index contributed by atoms with van der Waals surface area (Å²) in [5, 5.41) is 9.64. The first-order chi connectivity index (χ1) is 8.88. The van der Waals surface area contributed by atoms with E-state index in [-0.39, 0.29) is 11.6 Å². The molecule has 0 saturated carbocycles. The third-order valence-corrected chi connectivity index (χ3v) is 4.66. The maximum atomic E-state index is 12.2. The molecule has 2 heterocycles. The van der Waals surface area contributed by atoms with Crippen LogP contribution in [0.4, 0.5) is 5.82 Å². The van der Waals surface area contributed by atoms with Gasteiger partial charge in [-0.25, -0.2) is 4.98 Å². The van der Waals surface area contributed by atoms with Crippen LogP contribution in [0.1, 0.15) is 25.5 Å². The van der Waals surface area contributed by atoms with E-state index in [0.717, 1.165) is 12.8 Å². The molecular weight excluding hydrogens is 266 g/mol. The quantitative estimate of drug-likeness (QED) is 0.881. The van der Waals surface area contributed by atoms with Gasteiger partial charge in [-0.3, -0.25) is 4.72 Å². The molecule has 0 aliphatic carbocycles. The van der Waals surface area contributed by atoms with Gasteiger partial charge in [-0.2, -0.15) is 12.7 Å². The van der Waals surface area contributed by atoms with E-state index in [1.54, 1.807) is 13.0 Å². The van der Waals surface area contributed by atoms with Crippen molar-refractivity contribution in [1.29, 1.82) is 0 Å². The summed E-state index contributed by atoms with van der Waals surface area (Å²) in [5.74, 6) is 0.168. The number of rotatable bonds is 3. The number of nitrogens with zero attached hydrogens (tertiary/aromatic N) is 2. The van der Waals surface area contributed by atoms with Gasteiger partial charge in [0.1, 0.15) is 0 Å². The minimum absolute atomic E-state index is 0.0155. The Bertz CT molecular complexity index is 559. The average Bonchev–Trinajstić information content (AvgIpc) is 2.33. The van der Waals surface area contributed by atoms with Gasteiger partial charge in [0.2, 0.25) is 0 Å². The number of pyridine rings is 1. The largest absolute Gasteiger partial charge is 0.504 e. The predicted octanol–water partition coefficient (Wildman–Crippen LogP) is 1.48. The summed E-state index contributed by atoms with van der Waals surface area (Å²) in [7, 11) is -3.65. The monoisotopic (exact) mass is 285 g/mol. The summed E-state index contributed by atoms with van der Waals surface area (Å²) in [6.07, 6.45) is 1.90. The summed E-state index contributed by atoms with van der Waals surface area (Å²) >= 11 is 0. The number of piperidine rings is 1. The van der Waals surface area contributed by atoms with E-state index in [9.17, 15) is 13.5 Å². The molecule has 106 valence electrons. The lowest BCUT2D eigenvalue weighted by Crippen LogP contribution is -2.42. The number of aromatic hydroxyl groups is 1. The lowest BCUT2D eigenvalue weighted by molar-refractivity contribution is 0.282. The molecule has 0 spiro atoms. The van der Waals surface area contributed by atoms with Gasteiger partial charge in [0.25, 0.3) is 0 Å². The van der Waals surface area contributed by atoms with Crippen molar-refractivity contribution in [3.63, 3.8) is 0 Å². The van der Waals surface area contributed by atoms with Crippen LogP contribution in [0.2, 0.25) is 0 Å². The van der Waals surface area contributed by atoms with E-state index < -0.39 is 10.2 Å². The normalized spacial score (nSPS) is 21.3. The first-order valence-electron chi connectivity index (χ1n) is 6.33. The fraction of sp³-hybridized carbons (Fsp3) is 0.583. The van der Waals surface area contributed by atoms with Crippen molar-refractivity contribution in [2.75, 3.05) is 17.8 Å². The molecule has 1 aliphatic heterocycles. The Hall–Kier alpha value is -1.34. The zero-order valence-corrected chi connectivity index (χ0v) is 11.9. The predicted molar refractivity (Wildman–Crippen MR) is 73.2 cm³/mol. The van der Waals surface area contributed by atoms with E-state index in [1.165, 1.54) is 10.4 Å². The topological polar surface area (TPSA) is 82.5 Å². The highest BCUT2D eigenvalue weighted by Gasteiger charge is 2.27. The molecule has 2 N–H and O–H groups in total. The second kappa shape index (κ2) is 5.34. The number of aromatic nitrogens is 1. The Morgan fingerprint density at radius 2 is 2.21 bits per heavy atom. The summed E-state index contributed by atoms with van der Waals surface area (Å²) < 4.78 is 28.2. The standard InChI is InChI=1S/C12H19N3O3S/c1-9-4-3-7-15(8-9)19(17,18)14-12-11(16)6-5-10(2)13-12/h5-6,9,16H,3-4,7-8H2,1-2H3,(H,13,14). The molecule has 1 atom stereocenters. The van der Waals surface area contributed by atoms with E-state index in [1.807, 2.05) is 6.92 Å². The minimum atomic E-state index is -3.65. The van der Waals surface area contributed by atoms with Crippen LogP contribution in [-0.4, -0.2) is 35.9 Å². The SMILES string of the molecule is Cc1ccc(O)c(NS(=O)(=O)N2CCCC(C)C2)n1. The van der Waals surface area contributed by atoms with Gasteiger partial charge in [-0.1, -0.05) is 6.92 Å². The molecule has 1 unspecified atom stereocenters. The van der Waals surface area contributed by atoms with Crippen molar-refractivity contribution in [3.8, 4) is 5.75 Å². The number of anilines is 1. The molecular formula is C12H19N3O3S. The number of hydrogen-bond donors (Lipinski definition) is 2. The van der Waals surface area contributed by atoms with Gasteiger partial charge < -0.3 is 5.11 Å². The summed E-state index contributed by atoms with van der Waals surface area (Å²) in [6.45, 7) is 4.78. The Kier molecular flexibility index (Phi) is 3.96. The molecule has 6 nitrogen and oxygen atoms in total. The second-order valence-electron chi connectivity index (χ2n) is 5.03. The van der Waals surface area contributed by atoms with Gasteiger partial charge in [0.05, 0.1) is 0 Å². The van der Waals surface area contributed by atoms with Crippen LogP contribution < -0.4 is 4.72 Å². The summed E-state index contributed by atoms with van der Waals surface area (Å²) in [5.41, 5.74) is 0.641. The Morgan fingerprint density at radius 1 is 1.47 bits per heavy atom. The van der Waals surface area contributed by atoms with Crippen LogP contribution in [0.25, 0.3) is 0 Å². The lowest BCUT2D eigenvalue weighted by Gasteiger charge is -2.30. The molecule has 1 aliphatic rings. The van der Waals surface area contributed by atoms with Gasteiger partial charge in [0.15, 0.2) is 11.6 Å². The fourth-order valence-corrected chi connectivity index (χ4v) is 3.52. The van der Waals surface area contributed by atoms with Crippen LogP contribution in [-0.2, 0) is 10.2 Å². The van der Waals surface area contributed by atoms with Crippen LogP contribution in [0.3, 0.4) is 0 Å². The van der Waals surface area contributed by atoms with Gasteiger partial charge in [-0.15, -0.1) is 0 Å². The first kappa shape index (κ1) is 14.1. The van der Waals surface area contributed by atoms with Crippen LogP contribution in [0.5, 0.6) is 5.75 Å².